The summed E-state index contributed by atoms with van der Waals surface area (Å²) in [5, 5.41) is 4.14. The first-order chi connectivity index (χ1) is 18.2. The number of nitrogens with one attached hydrogen (secondary N) is 1. The number of hydrogen-bond donors (Lipinski definition) is 1. The first kappa shape index (κ1) is 31.7. The Kier molecular flexibility index (Phi) is 12.0. The van der Waals surface area contributed by atoms with E-state index in [1.54, 1.807) is 6.07 Å². The number of carbonyl (C=O) groups excluding carboxylic acids is 1. The number of amides is 1. The lowest BCUT2D eigenvalue weighted by Gasteiger charge is -2.33. The van der Waals surface area contributed by atoms with E-state index >= 15 is 0 Å². The van der Waals surface area contributed by atoms with Crippen molar-refractivity contribution in [3.8, 4) is 0 Å². The normalized spacial score (nSPS) is 17.5. The summed E-state index contributed by atoms with van der Waals surface area (Å²) in [4.78, 5) is 19.5. The molecule has 4 rings (SSSR count). The van der Waals surface area contributed by atoms with Gasteiger partial charge in [-0.15, -0.1) is 0 Å². The Hall–Kier alpha value is -1.81. The number of thioether (sulfide) groups is 1. The van der Waals surface area contributed by atoms with E-state index in [-0.39, 0.29) is 41.1 Å². The van der Waals surface area contributed by atoms with Gasteiger partial charge in [-0.05, 0) is 93.0 Å². The van der Waals surface area contributed by atoms with Gasteiger partial charge < -0.3 is 20.0 Å². The zero-order valence-electron chi connectivity index (χ0n) is 21.2. The van der Waals surface area contributed by atoms with Crippen molar-refractivity contribution in [2.45, 2.75) is 56.0 Å². The van der Waals surface area contributed by atoms with Crippen LogP contribution in [0.25, 0.3) is 0 Å². The SMILES string of the molecule is C.O=C(CCCN1CCCN(c2ccc(Cl)cc2)CC1)N1CCC(Nc2ccc(Cl)c(SC(F)(F)F)c2)CC1. The second-order valence-corrected chi connectivity index (χ2v) is 11.7. The summed E-state index contributed by atoms with van der Waals surface area (Å²) < 4.78 is 38.3. The van der Waals surface area contributed by atoms with Crippen LogP contribution in [0, 0.1) is 0 Å². The summed E-state index contributed by atoms with van der Waals surface area (Å²) in [6.07, 6.45) is 3.96. The molecule has 2 heterocycles. The van der Waals surface area contributed by atoms with Crippen LogP contribution in [0.15, 0.2) is 47.4 Å². The first-order valence-corrected chi connectivity index (χ1v) is 14.6. The largest absolute Gasteiger partial charge is 0.446 e. The molecule has 2 fully saturated rings. The van der Waals surface area contributed by atoms with Gasteiger partial charge in [-0.1, -0.05) is 30.6 Å². The van der Waals surface area contributed by atoms with Crippen molar-refractivity contribution in [2.75, 3.05) is 56.0 Å². The van der Waals surface area contributed by atoms with E-state index in [0.717, 1.165) is 63.4 Å². The Morgan fingerprint density at radius 3 is 2.38 bits per heavy atom. The van der Waals surface area contributed by atoms with E-state index in [0.29, 0.717) is 25.2 Å². The fourth-order valence-electron chi connectivity index (χ4n) is 5.02. The third-order valence-corrected chi connectivity index (χ3v) is 8.50. The van der Waals surface area contributed by atoms with Crippen LogP contribution in [0.5, 0.6) is 0 Å². The highest BCUT2D eigenvalue weighted by atomic mass is 35.5. The summed E-state index contributed by atoms with van der Waals surface area (Å²) in [6, 6.07) is 12.7. The maximum atomic E-state index is 12.8. The van der Waals surface area contributed by atoms with Crippen molar-refractivity contribution in [1.29, 1.82) is 0 Å². The van der Waals surface area contributed by atoms with Crippen molar-refractivity contribution in [3.05, 3.63) is 52.5 Å². The molecular formula is C28H37Cl2F3N4OS. The Morgan fingerprint density at radius 1 is 0.974 bits per heavy atom. The molecule has 0 atom stereocenters. The van der Waals surface area contributed by atoms with E-state index in [1.165, 1.54) is 17.8 Å². The molecule has 2 aromatic carbocycles. The number of piperidine rings is 1. The fraction of sp³-hybridized carbons (Fsp3) is 0.536. The minimum atomic E-state index is -4.39. The van der Waals surface area contributed by atoms with E-state index < -0.39 is 5.51 Å². The molecule has 2 aromatic rings. The number of benzene rings is 2. The molecule has 1 N–H and O–H groups in total. The van der Waals surface area contributed by atoms with E-state index in [2.05, 4.69) is 27.2 Å². The maximum absolute atomic E-state index is 12.8. The Morgan fingerprint density at radius 2 is 1.69 bits per heavy atom. The number of anilines is 2. The topological polar surface area (TPSA) is 38.8 Å². The zero-order chi connectivity index (χ0) is 27.1. The minimum Gasteiger partial charge on any atom is -0.382 e. The Labute approximate surface area is 244 Å². The smallest absolute Gasteiger partial charge is 0.382 e. The monoisotopic (exact) mass is 604 g/mol. The molecule has 5 nitrogen and oxygen atoms in total. The van der Waals surface area contributed by atoms with Gasteiger partial charge in [0.2, 0.25) is 5.91 Å². The van der Waals surface area contributed by atoms with Crippen molar-refractivity contribution in [1.82, 2.24) is 9.80 Å². The average Bonchev–Trinajstić information content (AvgIpc) is 3.12. The van der Waals surface area contributed by atoms with E-state index in [4.69, 9.17) is 23.2 Å². The molecule has 2 aliphatic heterocycles. The van der Waals surface area contributed by atoms with Crippen LogP contribution in [0.3, 0.4) is 0 Å². The number of hydrogen-bond acceptors (Lipinski definition) is 5. The van der Waals surface area contributed by atoms with Gasteiger partial charge >= 0.3 is 5.51 Å². The molecule has 11 heteroatoms. The summed E-state index contributed by atoms with van der Waals surface area (Å²) >= 11 is 11.7. The van der Waals surface area contributed by atoms with Crippen LogP contribution in [0.4, 0.5) is 24.5 Å². The standard InChI is InChI=1S/C27H33Cl2F3N4OS.CH4/c28-20-4-7-23(8-5-20)35-14-2-13-34(17-18-35)12-1-3-26(37)36-15-10-21(11-16-36)33-22-6-9-24(29)25(19-22)38-27(30,31)32;/h4-9,19,21,33H,1-3,10-18H2;1H4. The summed E-state index contributed by atoms with van der Waals surface area (Å²) in [6.45, 7) is 6.18. The van der Waals surface area contributed by atoms with Crippen molar-refractivity contribution in [3.63, 3.8) is 0 Å². The van der Waals surface area contributed by atoms with Crippen molar-refractivity contribution in [2.24, 2.45) is 0 Å². The lowest BCUT2D eigenvalue weighted by Crippen LogP contribution is -2.42. The summed E-state index contributed by atoms with van der Waals surface area (Å²) in [5.74, 6) is 0.177. The second-order valence-electron chi connectivity index (χ2n) is 9.75. The van der Waals surface area contributed by atoms with Gasteiger partial charge in [0.25, 0.3) is 0 Å². The number of halogens is 5. The van der Waals surface area contributed by atoms with Gasteiger partial charge in [0, 0.05) is 66.5 Å². The van der Waals surface area contributed by atoms with Gasteiger partial charge in [-0.3, -0.25) is 4.79 Å². The maximum Gasteiger partial charge on any atom is 0.446 e. The Balaban J connectivity index is 0.00000420. The van der Waals surface area contributed by atoms with Crippen molar-refractivity contribution >= 4 is 52.2 Å². The number of carbonyl (C=O) groups is 1. The van der Waals surface area contributed by atoms with Gasteiger partial charge in [0.1, 0.15) is 0 Å². The summed E-state index contributed by atoms with van der Waals surface area (Å²) in [7, 11) is 0. The molecule has 0 aliphatic carbocycles. The quantitative estimate of drug-likeness (QED) is 0.313. The number of rotatable bonds is 8. The van der Waals surface area contributed by atoms with Gasteiger partial charge in [0.15, 0.2) is 0 Å². The molecular weight excluding hydrogens is 568 g/mol. The number of likely N-dealkylation sites (tertiary alicyclic amines) is 1. The van der Waals surface area contributed by atoms with Crippen LogP contribution >= 0.6 is 35.0 Å². The fourth-order valence-corrected chi connectivity index (χ4v) is 5.98. The zero-order valence-corrected chi connectivity index (χ0v) is 23.5. The molecule has 0 radical (unpaired) electrons. The highest BCUT2D eigenvalue weighted by Gasteiger charge is 2.30. The number of nitrogens with zero attached hydrogens (tertiary/aromatic N) is 3. The van der Waals surface area contributed by atoms with Crippen LogP contribution < -0.4 is 10.2 Å². The molecule has 2 saturated heterocycles. The lowest BCUT2D eigenvalue weighted by atomic mass is 10.0. The average molecular weight is 606 g/mol. The second kappa shape index (κ2) is 14.7. The molecule has 0 unspecified atom stereocenters. The molecule has 2 aliphatic rings. The molecule has 0 spiro atoms. The minimum absolute atomic E-state index is 0. The van der Waals surface area contributed by atoms with Crippen LogP contribution in [-0.2, 0) is 4.79 Å². The highest BCUT2D eigenvalue weighted by molar-refractivity contribution is 8.00. The van der Waals surface area contributed by atoms with Crippen LogP contribution in [-0.4, -0.2) is 73.1 Å². The number of alkyl halides is 3. The summed E-state index contributed by atoms with van der Waals surface area (Å²) in [5.41, 5.74) is -2.59. The van der Waals surface area contributed by atoms with Gasteiger partial charge in [-0.25, -0.2) is 0 Å². The predicted octanol–water partition coefficient (Wildman–Crippen LogP) is 7.64. The third-order valence-electron chi connectivity index (χ3n) is 7.02. The Bertz CT molecular complexity index is 1070. The molecule has 39 heavy (non-hydrogen) atoms. The van der Waals surface area contributed by atoms with Crippen LogP contribution in [0.2, 0.25) is 10.0 Å². The highest BCUT2D eigenvalue weighted by Crippen LogP contribution is 2.41. The molecule has 0 aromatic heterocycles. The third kappa shape index (κ3) is 9.95. The van der Waals surface area contributed by atoms with Gasteiger partial charge in [-0.2, -0.15) is 13.2 Å². The molecule has 0 bridgehead atoms. The molecule has 216 valence electrons. The molecule has 0 saturated carbocycles. The predicted molar refractivity (Wildman–Crippen MR) is 157 cm³/mol. The lowest BCUT2D eigenvalue weighted by molar-refractivity contribution is -0.132. The molecule has 1 amide bonds. The van der Waals surface area contributed by atoms with E-state index in [9.17, 15) is 18.0 Å². The van der Waals surface area contributed by atoms with Gasteiger partial charge in [0.05, 0.1) is 5.02 Å². The first-order valence-electron chi connectivity index (χ1n) is 13.0. The van der Waals surface area contributed by atoms with E-state index in [1.807, 2.05) is 17.0 Å². The van der Waals surface area contributed by atoms with Crippen LogP contribution in [0.1, 0.15) is 39.5 Å². The van der Waals surface area contributed by atoms with Crippen molar-refractivity contribution < 1.29 is 18.0 Å².